The van der Waals surface area contributed by atoms with Crippen molar-refractivity contribution in [2.24, 2.45) is 11.1 Å². The molecular weight excluding hydrogens is 208 g/mol. The van der Waals surface area contributed by atoms with Crippen LogP contribution < -0.4 is 5.73 Å². The van der Waals surface area contributed by atoms with Gasteiger partial charge in [0, 0.05) is 12.1 Å². The van der Waals surface area contributed by atoms with Gasteiger partial charge in [0.1, 0.15) is 0 Å². The lowest BCUT2D eigenvalue weighted by molar-refractivity contribution is 0.0255. The Morgan fingerprint density at radius 3 is 2.06 bits per heavy atom. The Kier molecular flexibility index (Phi) is 5.46. The van der Waals surface area contributed by atoms with E-state index < -0.39 is 0 Å². The maximum Gasteiger partial charge on any atom is 0.0332 e. The summed E-state index contributed by atoms with van der Waals surface area (Å²) in [6, 6.07) is 0. The van der Waals surface area contributed by atoms with Crippen LogP contribution >= 0.6 is 0 Å². The second-order valence-electron chi connectivity index (χ2n) is 6.53. The van der Waals surface area contributed by atoms with Crippen molar-refractivity contribution in [1.29, 1.82) is 0 Å². The normalized spacial score (nSPS) is 22.9. The first-order valence-electron chi connectivity index (χ1n) is 7.45. The average Bonchev–Trinajstić information content (AvgIpc) is 2.32. The second kappa shape index (κ2) is 6.19. The predicted molar refractivity (Wildman–Crippen MR) is 76.2 cm³/mol. The summed E-state index contributed by atoms with van der Waals surface area (Å²) in [5.41, 5.74) is 6.97. The summed E-state index contributed by atoms with van der Waals surface area (Å²) in [6.45, 7) is 12.6. The van der Waals surface area contributed by atoms with Crippen LogP contribution in [0.5, 0.6) is 0 Å². The third kappa shape index (κ3) is 3.69. The van der Waals surface area contributed by atoms with E-state index in [-0.39, 0.29) is 0 Å². The largest absolute Gasteiger partial charge is 0.329 e. The molecule has 0 atom stereocenters. The Morgan fingerprint density at radius 1 is 1.06 bits per heavy atom. The van der Waals surface area contributed by atoms with E-state index in [4.69, 9.17) is 5.73 Å². The lowest BCUT2D eigenvalue weighted by Gasteiger charge is -2.49. The SMILES string of the molecule is CCCCN(CC)C1(CN)CCC(C)(C)CC1. The number of rotatable bonds is 6. The Labute approximate surface area is 108 Å². The molecule has 1 aliphatic rings. The number of hydrogen-bond donors (Lipinski definition) is 1. The molecule has 17 heavy (non-hydrogen) atoms. The van der Waals surface area contributed by atoms with Gasteiger partial charge in [-0.3, -0.25) is 4.90 Å². The standard InChI is InChI=1S/C15H32N2/c1-5-7-12-17(6-2)15(13-16)10-8-14(3,4)9-11-15/h5-13,16H2,1-4H3. The van der Waals surface area contributed by atoms with Gasteiger partial charge in [0.25, 0.3) is 0 Å². The summed E-state index contributed by atoms with van der Waals surface area (Å²) in [7, 11) is 0. The molecule has 2 heteroatoms. The summed E-state index contributed by atoms with van der Waals surface area (Å²) >= 11 is 0. The highest BCUT2D eigenvalue weighted by molar-refractivity contribution is 4.97. The van der Waals surface area contributed by atoms with E-state index in [0.29, 0.717) is 11.0 Å². The predicted octanol–water partition coefficient (Wildman–Crippen LogP) is 3.41. The zero-order chi connectivity index (χ0) is 12.9. The van der Waals surface area contributed by atoms with Gasteiger partial charge in [-0.15, -0.1) is 0 Å². The van der Waals surface area contributed by atoms with E-state index in [2.05, 4.69) is 32.6 Å². The van der Waals surface area contributed by atoms with Gasteiger partial charge in [-0.25, -0.2) is 0 Å². The molecule has 0 spiro atoms. The Balaban J connectivity index is 2.67. The van der Waals surface area contributed by atoms with Gasteiger partial charge < -0.3 is 5.73 Å². The van der Waals surface area contributed by atoms with Crippen molar-refractivity contribution in [3.05, 3.63) is 0 Å². The molecule has 0 aliphatic heterocycles. The van der Waals surface area contributed by atoms with Gasteiger partial charge in [-0.05, 0) is 50.6 Å². The van der Waals surface area contributed by atoms with Gasteiger partial charge in [-0.1, -0.05) is 34.1 Å². The minimum Gasteiger partial charge on any atom is -0.329 e. The number of likely N-dealkylation sites (N-methyl/N-ethyl adjacent to an activating group) is 1. The summed E-state index contributed by atoms with van der Waals surface area (Å²) in [6.07, 6.45) is 7.81. The third-order valence-electron chi connectivity index (χ3n) is 4.75. The Bertz CT molecular complexity index is 213. The van der Waals surface area contributed by atoms with Crippen LogP contribution in [0.2, 0.25) is 0 Å². The van der Waals surface area contributed by atoms with E-state index in [1.54, 1.807) is 0 Å². The zero-order valence-electron chi connectivity index (χ0n) is 12.4. The van der Waals surface area contributed by atoms with Crippen molar-refractivity contribution in [3.8, 4) is 0 Å². The van der Waals surface area contributed by atoms with E-state index in [9.17, 15) is 0 Å². The smallest absolute Gasteiger partial charge is 0.0332 e. The summed E-state index contributed by atoms with van der Waals surface area (Å²) in [5.74, 6) is 0. The van der Waals surface area contributed by atoms with Crippen LogP contribution in [0, 0.1) is 5.41 Å². The number of hydrogen-bond acceptors (Lipinski definition) is 2. The molecule has 1 rings (SSSR count). The maximum absolute atomic E-state index is 6.13. The van der Waals surface area contributed by atoms with Crippen molar-refractivity contribution >= 4 is 0 Å². The summed E-state index contributed by atoms with van der Waals surface area (Å²) in [5, 5.41) is 0. The van der Waals surface area contributed by atoms with Crippen LogP contribution in [0.4, 0.5) is 0 Å². The molecule has 0 radical (unpaired) electrons. The van der Waals surface area contributed by atoms with Crippen molar-refractivity contribution in [2.45, 2.75) is 71.8 Å². The van der Waals surface area contributed by atoms with Crippen molar-refractivity contribution in [3.63, 3.8) is 0 Å². The first-order chi connectivity index (χ1) is 7.99. The number of unbranched alkanes of at least 4 members (excludes halogenated alkanes) is 1. The summed E-state index contributed by atoms with van der Waals surface area (Å²) in [4.78, 5) is 2.66. The van der Waals surface area contributed by atoms with Crippen molar-refractivity contribution in [2.75, 3.05) is 19.6 Å². The Morgan fingerprint density at radius 2 is 1.65 bits per heavy atom. The highest BCUT2D eigenvalue weighted by Crippen LogP contribution is 2.42. The minimum absolute atomic E-state index is 0.305. The highest BCUT2D eigenvalue weighted by Gasteiger charge is 2.40. The van der Waals surface area contributed by atoms with Crippen molar-refractivity contribution < 1.29 is 0 Å². The monoisotopic (exact) mass is 240 g/mol. The molecular formula is C15H32N2. The van der Waals surface area contributed by atoms with Crippen LogP contribution in [-0.4, -0.2) is 30.1 Å². The molecule has 0 bridgehead atoms. The molecule has 0 amide bonds. The molecule has 0 aromatic heterocycles. The van der Waals surface area contributed by atoms with Gasteiger partial charge in [0.2, 0.25) is 0 Å². The minimum atomic E-state index is 0.305. The molecule has 1 aliphatic carbocycles. The molecule has 2 nitrogen and oxygen atoms in total. The molecule has 0 saturated heterocycles. The van der Waals surface area contributed by atoms with Gasteiger partial charge in [0.05, 0.1) is 0 Å². The van der Waals surface area contributed by atoms with E-state index in [1.807, 2.05) is 0 Å². The van der Waals surface area contributed by atoms with Gasteiger partial charge in [-0.2, -0.15) is 0 Å². The van der Waals surface area contributed by atoms with Crippen molar-refractivity contribution in [1.82, 2.24) is 4.90 Å². The molecule has 0 aromatic carbocycles. The third-order valence-corrected chi connectivity index (χ3v) is 4.75. The second-order valence-corrected chi connectivity index (χ2v) is 6.53. The molecule has 1 saturated carbocycles. The van der Waals surface area contributed by atoms with Gasteiger partial charge in [0.15, 0.2) is 0 Å². The fraction of sp³-hybridized carbons (Fsp3) is 1.00. The van der Waals surface area contributed by atoms with Crippen LogP contribution in [0.1, 0.15) is 66.2 Å². The maximum atomic E-state index is 6.13. The number of nitrogens with zero attached hydrogens (tertiary/aromatic N) is 1. The fourth-order valence-corrected chi connectivity index (χ4v) is 3.12. The van der Waals surface area contributed by atoms with E-state index in [0.717, 1.165) is 13.1 Å². The van der Waals surface area contributed by atoms with Crippen LogP contribution in [0.3, 0.4) is 0 Å². The van der Waals surface area contributed by atoms with E-state index >= 15 is 0 Å². The lowest BCUT2D eigenvalue weighted by Crippen LogP contribution is -2.56. The first kappa shape index (κ1) is 15.0. The molecule has 2 N–H and O–H groups in total. The highest BCUT2D eigenvalue weighted by atomic mass is 15.2. The Hall–Kier alpha value is -0.0800. The van der Waals surface area contributed by atoms with Gasteiger partial charge >= 0.3 is 0 Å². The fourth-order valence-electron chi connectivity index (χ4n) is 3.12. The molecule has 0 heterocycles. The lowest BCUT2D eigenvalue weighted by atomic mass is 9.68. The first-order valence-corrected chi connectivity index (χ1v) is 7.45. The molecule has 0 aromatic rings. The quantitative estimate of drug-likeness (QED) is 0.771. The summed E-state index contributed by atoms with van der Waals surface area (Å²) < 4.78 is 0. The zero-order valence-corrected chi connectivity index (χ0v) is 12.4. The topological polar surface area (TPSA) is 29.3 Å². The van der Waals surface area contributed by atoms with Crippen LogP contribution in [-0.2, 0) is 0 Å². The molecule has 102 valence electrons. The molecule has 1 fully saturated rings. The van der Waals surface area contributed by atoms with Crippen LogP contribution in [0.25, 0.3) is 0 Å². The van der Waals surface area contributed by atoms with Crippen LogP contribution in [0.15, 0.2) is 0 Å². The molecule has 0 unspecified atom stereocenters. The number of nitrogens with two attached hydrogens (primary N) is 1. The average molecular weight is 240 g/mol. The van der Waals surface area contributed by atoms with E-state index in [1.165, 1.54) is 45.1 Å².